The summed E-state index contributed by atoms with van der Waals surface area (Å²) in [6.45, 7) is 0. The minimum absolute atomic E-state index is 0.810. The summed E-state index contributed by atoms with van der Waals surface area (Å²) >= 11 is 0. The Bertz CT molecular complexity index is 195. The second-order valence-corrected chi connectivity index (χ2v) is 1.36. The smallest absolute Gasteiger partial charge is 0.273 e. The molecule has 1 aromatic rings. The van der Waals surface area contributed by atoms with Crippen molar-refractivity contribution in [1.29, 1.82) is 0 Å². The molecule has 1 aromatic heterocycles. The molecule has 0 atom stereocenters. The van der Waals surface area contributed by atoms with Gasteiger partial charge in [-0.05, 0) is 0 Å². The first kappa shape index (κ1) is 6.12. The molecule has 0 unspecified atom stereocenters. The van der Waals surface area contributed by atoms with Crippen molar-refractivity contribution in [1.82, 2.24) is 10.2 Å². The van der Waals surface area contributed by atoms with E-state index in [0.717, 1.165) is 0 Å². The molecule has 0 aliphatic carbocycles. The zero-order chi connectivity index (χ0) is 6.85. The summed E-state index contributed by atoms with van der Waals surface area (Å²) < 4.78 is 35.0. The molecule has 0 saturated carbocycles. The van der Waals surface area contributed by atoms with Crippen LogP contribution in [-0.2, 0) is 0 Å². The van der Waals surface area contributed by atoms with E-state index in [0.29, 0.717) is 0 Å². The van der Waals surface area contributed by atoms with Crippen LogP contribution in [0.15, 0.2) is 0 Å². The molecule has 5 heteroatoms. The third kappa shape index (κ3) is 1.04. The van der Waals surface area contributed by atoms with Crippen molar-refractivity contribution in [3.8, 4) is 0 Å². The van der Waals surface area contributed by atoms with E-state index in [1.807, 2.05) is 0 Å². The highest BCUT2D eigenvalue weighted by molar-refractivity contribution is 5.01. The summed E-state index contributed by atoms with van der Waals surface area (Å²) in [5, 5.41) is 4.71. The first-order valence-corrected chi connectivity index (χ1v) is 2.11. The molecule has 0 aliphatic rings. The third-order valence-corrected chi connectivity index (χ3v) is 0.785. The molecule has 0 fully saturated rings. The normalized spacial score (nSPS) is 10.7. The lowest BCUT2D eigenvalue weighted by Crippen LogP contribution is -1.86. The van der Waals surface area contributed by atoms with Gasteiger partial charge in [-0.25, -0.2) is 13.2 Å². The van der Waals surface area contributed by atoms with E-state index in [-0.39, 0.29) is 0 Å². The summed E-state index contributed by atoms with van der Waals surface area (Å²) in [7, 11) is 0. The average molecular weight is 135 g/mol. The number of nitrogens with one attached hydrogen (secondary N) is 1. The van der Waals surface area contributed by atoms with E-state index < -0.39 is 17.9 Å². The highest BCUT2D eigenvalue weighted by Crippen LogP contribution is 2.17. The Morgan fingerprint density at radius 3 is 2.44 bits per heavy atom. The van der Waals surface area contributed by atoms with E-state index in [1.54, 1.807) is 11.3 Å². The molecular formula is C4H2F3N2. The van der Waals surface area contributed by atoms with Crippen LogP contribution in [0.1, 0.15) is 12.1 Å². The molecule has 0 aromatic carbocycles. The van der Waals surface area contributed by atoms with Crippen LogP contribution in [-0.4, -0.2) is 10.2 Å². The molecular weight excluding hydrogens is 133 g/mol. The van der Waals surface area contributed by atoms with Crippen LogP contribution in [0.2, 0.25) is 0 Å². The lowest BCUT2D eigenvalue weighted by atomic mass is 10.4. The maximum Gasteiger partial charge on any atom is 0.282 e. The minimum Gasteiger partial charge on any atom is -0.273 e. The van der Waals surface area contributed by atoms with E-state index in [2.05, 4.69) is 5.10 Å². The van der Waals surface area contributed by atoms with E-state index >= 15 is 0 Å². The fourth-order valence-electron chi connectivity index (χ4n) is 0.391. The molecule has 0 saturated heterocycles. The Labute approximate surface area is 48.7 Å². The Hall–Kier alpha value is -1.00. The van der Waals surface area contributed by atoms with Gasteiger partial charge in [0.25, 0.3) is 6.43 Å². The molecule has 0 bridgehead atoms. The first-order valence-electron chi connectivity index (χ1n) is 2.11. The molecule has 9 heavy (non-hydrogen) atoms. The van der Waals surface area contributed by atoms with Crippen LogP contribution in [0, 0.1) is 12.0 Å². The monoisotopic (exact) mass is 135 g/mol. The van der Waals surface area contributed by atoms with Crippen molar-refractivity contribution in [3.63, 3.8) is 0 Å². The second-order valence-electron chi connectivity index (χ2n) is 1.36. The Morgan fingerprint density at radius 2 is 2.22 bits per heavy atom. The molecule has 2 nitrogen and oxygen atoms in total. The summed E-state index contributed by atoms with van der Waals surface area (Å²) in [4.78, 5) is 0. The molecule has 1 rings (SSSR count). The summed E-state index contributed by atoms with van der Waals surface area (Å²) in [6.07, 6.45) is -1.15. The number of aromatic nitrogens is 2. The highest BCUT2D eigenvalue weighted by Gasteiger charge is 2.14. The van der Waals surface area contributed by atoms with Crippen LogP contribution < -0.4 is 0 Å². The van der Waals surface area contributed by atoms with Gasteiger partial charge in [0, 0.05) is 0 Å². The van der Waals surface area contributed by atoms with Crippen molar-refractivity contribution in [2.24, 2.45) is 0 Å². The predicted molar refractivity (Wildman–Crippen MR) is 22.3 cm³/mol. The molecule has 1 heterocycles. The van der Waals surface area contributed by atoms with Crippen molar-refractivity contribution in [3.05, 3.63) is 17.7 Å². The highest BCUT2D eigenvalue weighted by atomic mass is 19.3. The van der Waals surface area contributed by atoms with Crippen LogP contribution in [0.5, 0.6) is 0 Å². The van der Waals surface area contributed by atoms with Gasteiger partial charge in [0.15, 0.2) is 12.0 Å². The van der Waals surface area contributed by atoms with E-state index in [1.165, 1.54) is 0 Å². The van der Waals surface area contributed by atoms with E-state index in [9.17, 15) is 13.2 Å². The molecule has 0 amide bonds. The standard InChI is InChI=1S/C4H2F3N2/c5-2-1-8-9-3(2)4(6)7/h4H,(H,8,9). The zero-order valence-corrected chi connectivity index (χ0v) is 4.16. The maximum atomic E-state index is 12.0. The lowest BCUT2D eigenvalue weighted by Gasteiger charge is -1.89. The van der Waals surface area contributed by atoms with Crippen LogP contribution in [0.4, 0.5) is 13.2 Å². The molecule has 1 radical (unpaired) electrons. The van der Waals surface area contributed by atoms with Gasteiger partial charge in [-0.2, -0.15) is 5.10 Å². The topological polar surface area (TPSA) is 28.7 Å². The number of alkyl halides is 2. The lowest BCUT2D eigenvalue weighted by molar-refractivity contribution is 0.141. The van der Waals surface area contributed by atoms with Crippen molar-refractivity contribution in [2.75, 3.05) is 0 Å². The Kier molecular flexibility index (Phi) is 1.42. The third-order valence-electron chi connectivity index (χ3n) is 0.785. The second kappa shape index (κ2) is 2.08. The van der Waals surface area contributed by atoms with Crippen LogP contribution in [0.25, 0.3) is 0 Å². The summed E-state index contributed by atoms with van der Waals surface area (Å²) in [5.74, 6) is -1.12. The largest absolute Gasteiger partial charge is 0.282 e. The van der Waals surface area contributed by atoms with Crippen LogP contribution in [0.3, 0.4) is 0 Å². The van der Waals surface area contributed by atoms with Gasteiger partial charge in [0.05, 0.1) is 0 Å². The minimum atomic E-state index is -2.84. The van der Waals surface area contributed by atoms with Crippen molar-refractivity contribution >= 4 is 0 Å². The SMILES string of the molecule is Fc1[c]n[nH]c1C(F)F. The summed E-state index contributed by atoms with van der Waals surface area (Å²) in [6, 6.07) is 0. The fourth-order valence-corrected chi connectivity index (χ4v) is 0.391. The maximum absolute atomic E-state index is 12.0. The molecule has 1 N–H and O–H groups in total. The van der Waals surface area contributed by atoms with Crippen LogP contribution >= 0.6 is 0 Å². The summed E-state index contributed by atoms with van der Waals surface area (Å²) in [5.41, 5.74) is -0.810. The van der Waals surface area contributed by atoms with Gasteiger partial charge in [-0.1, -0.05) is 0 Å². The fraction of sp³-hybridized carbons (Fsp3) is 0.250. The Morgan fingerprint density at radius 1 is 1.56 bits per heavy atom. The Balaban J connectivity index is 2.94. The molecule has 0 spiro atoms. The predicted octanol–water partition coefficient (Wildman–Crippen LogP) is 1.29. The molecule has 0 aliphatic heterocycles. The van der Waals surface area contributed by atoms with Crippen molar-refractivity contribution in [2.45, 2.75) is 6.43 Å². The molecule has 49 valence electrons. The number of nitrogens with zero attached hydrogens (tertiary/aromatic N) is 1. The number of hydrogen-bond acceptors (Lipinski definition) is 1. The van der Waals surface area contributed by atoms with E-state index in [4.69, 9.17) is 0 Å². The number of H-pyrrole nitrogens is 1. The van der Waals surface area contributed by atoms with Gasteiger partial charge in [-0.3, -0.25) is 5.10 Å². The number of aromatic amines is 1. The number of hydrogen-bond donors (Lipinski definition) is 1. The van der Waals surface area contributed by atoms with Gasteiger partial charge < -0.3 is 0 Å². The van der Waals surface area contributed by atoms with Gasteiger partial charge in [0.2, 0.25) is 0 Å². The number of halogens is 3. The van der Waals surface area contributed by atoms with Gasteiger partial charge in [0.1, 0.15) is 5.69 Å². The van der Waals surface area contributed by atoms with Gasteiger partial charge >= 0.3 is 0 Å². The average Bonchev–Trinajstić information content (AvgIpc) is 2.13. The quantitative estimate of drug-likeness (QED) is 0.617. The van der Waals surface area contributed by atoms with Gasteiger partial charge in [-0.15, -0.1) is 0 Å². The van der Waals surface area contributed by atoms with Crippen molar-refractivity contribution < 1.29 is 13.2 Å². The zero-order valence-electron chi connectivity index (χ0n) is 4.16. The first-order chi connectivity index (χ1) is 4.22. The number of rotatable bonds is 1.